The Morgan fingerprint density at radius 1 is 1.55 bits per heavy atom. The number of H-pyrrole nitrogens is 1. The summed E-state index contributed by atoms with van der Waals surface area (Å²) in [7, 11) is 0. The van der Waals surface area contributed by atoms with E-state index >= 15 is 0 Å². The first-order valence-corrected chi connectivity index (χ1v) is 7.28. The molecule has 20 heavy (non-hydrogen) atoms. The van der Waals surface area contributed by atoms with E-state index in [1.165, 1.54) is 4.57 Å². The van der Waals surface area contributed by atoms with Gasteiger partial charge >= 0.3 is 4.87 Å². The maximum atomic E-state index is 12.1. The highest BCUT2D eigenvalue weighted by Crippen LogP contribution is 2.31. The zero-order valence-corrected chi connectivity index (χ0v) is 11.9. The summed E-state index contributed by atoms with van der Waals surface area (Å²) in [4.78, 5) is 30.4. The van der Waals surface area contributed by atoms with E-state index in [1.807, 2.05) is 6.92 Å². The molecular weight excluding hydrogens is 282 g/mol. The maximum Gasteiger partial charge on any atom is 0.311 e. The fraction of sp³-hybridized carbons (Fsp3) is 0.583. The predicted octanol–water partition coefficient (Wildman–Crippen LogP) is 0.513. The van der Waals surface area contributed by atoms with E-state index in [1.54, 1.807) is 6.92 Å². The lowest BCUT2D eigenvalue weighted by molar-refractivity contribution is -0.0364. The topological polar surface area (TPSA) is 97.2 Å². The second-order valence-electron chi connectivity index (χ2n) is 4.90. The fourth-order valence-electron chi connectivity index (χ4n) is 2.49. The minimum atomic E-state index is -0.769. The lowest BCUT2D eigenvalue weighted by Crippen LogP contribution is -2.27. The van der Waals surface area contributed by atoms with Gasteiger partial charge in [-0.05, 0) is 13.3 Å². The zero-order chi connectivity index (χ0) is 14.4. The number of hydrogen-bond acceptors (Lipinski definition) is 6. The fourth-order valence-corrected chi connectivity index (χ4v) is 3.33. The number of fused-ring (bicyclic) bond motifs is 1. The number of aromatic amines is 1. The van der Waals surface area contributed by atoms with E-state index in [-0.39, 0.29) is 26.9 Å². The van der Waals surface area contributed by atoms with Crippen LogP contribution in [0.25, 0.3) is 10.3 Å². The van der Waals surface area contributed by atoms with Crippen molar-refractivity contribution < 1.29 is 9.84 Å². The molecule has 1 fully saturated rings. The molecule has 0 saturated carbocycles. The first-order chi connectivity index (χ1) is 9.51. The largest absolute Gasteiger partial charge is 0.388 e. The molecule has 0 unspecified atom stereocenters. The Bertz CT molecular complexity index is 762. The normalized spacial score (nSPS) is 26.4. The predicted molar refractivity (Wildman–Crippen MR) is 74.1 cm³/mol. The zero-order valence-electron chi connectivity index (χ0n) is 11.1. The molecule has 7 nitrogen and oxygen atoms in total. The first-order valence-electron chi connectivity index (χ1n) is 6.46. The van der Waals surface area contributed by atoms with Crippen molar-refractivity contribution in [2.24, 2.45) is 0 Å². The van der Waals surface area contributed by atoms with Crippen LogP contribution in [0.15, 0.2) is 9.59 Å². The van der Waals surface area contributed by atoms with Gasteiger partial charge in [0.2, 0.25) is 0 Å². The van der Waals surface area contributed by atoms with Gasteiger partial charge in [0.25, 0.3) is 5.56 Å². The number of aliphatic hydroxyl groups excluding tert-OH is 1. The van der Waals surface area contributed by atoms with Gasteiger partial charge in [-0.15, -0.1) is 0 Å². The van der Waals surface area contributed by atoms with Crippen LogP contribution in [0.5, 0.6) is 0 Å². The highest BCUT2D eigenvalue weighted by Gasteiger charge is 2.36. The van der Waals surface area contributed by atoms with Crippen molar-refractivity contribution >= 4 is 21.7 Å². The summed E-state index contributed by atoms with van der Waals surface area (Å²) in [5.74, 6) is 0.425. The van der Waals surface area contributed by atoms with E-state index in [9.17, 15) is 14.7 Å². The first kappa shape index (κ1) is 13.5. The van der Waals surface area contributed by atoms with Crippen molar-refractivity contribution in [3.8, 4) is 0 Å². The number of nitrogens with one attached hydrogen (secondary N) is 1. The minimum Gasteiger partial charge on any atom is -0.388 e. The van der Waals surface area contributed by atoms with Crippen molar-refractivity contribution in [3.63, 3.8) is 0 Å². The Labute approximate surface area is 117 Å². The molecule has 3 rings (SSSR count). The van der Waals surface area contributed by atoms with Gasteiger partial charge < -0.3 is 14.8 Å². The highest BCUT2D eigenvalue weighted by atomic mass is 32.1. The van der Waals surface area contributed by atoms with Crippen molar-refractivity contribution in [3.05, 3.63) is 25.8 Å². The Morgan fingerprint density at radius 2 is 2.30 bits per heavy atom. The maximum absolute atomic E-state index is 12.1. The molecule has 3 heterocycles. The van der Waals surface area contributed by atoms with Crippen LogP contribution in [0.3, 0.4) is 0 Å². The Kier molecular flexibility index (Phi) is 3.23. The number of rotatable bonds is 2. The SMILES string of the molecule is CC[C@@H]1C[C@@H](O)[C@H](n2c(=O)sc3c(=O)[nH]c(C)nc32)O1. The number of aryl methyl sites for hydroxylation is 1. The monoisotopic (exact) mass is 297 g/mol. The molecule has 8 heteroatoms. The smallest absolute Gasteiger partial charge is 0.311 e. The van der Waals surface area contributed by atoms with E-state index in [0.29, 0.717) is 12.2 Å². The summed E-state index contributed by atoms with van der Waals surface area (Å²) >= 11 is 0.822. The number of nitrogens with zero attached hydrogens (tertiary/aromatic N) is 2. The Hall–Kier alpha value is -1.51. The summed E-state index contributed by atoms with van der Waals surface area (Å²) in [6.07, 6.45) is -0.378. The average Bonchev–Trinajstić information content (AvgIpc) is 2.89. The molecule has 0 amide bonds. The minimum absolute atomic E-state index is 0.0834. The Balaban J connectivity index is 2.19. The van der Waals surface area contributed by atoms with Gasteiger partial charge in [0.05, 0.1) is 6.10 Å². The van der Waals surface area contributed by atoms with Gasteiger partial charge in [-0.2, -0.15) is 0 Å². The molecule has 1 aliphatic heterocycles. The molecule has 2 N–H and O–H groups in total. The molecule has 108 valence electrons. The van der Waals surface area contributed by atoms with E-state index in [4.69, 9.17) is 4.74 Å². The van der Waals surface area contributed by atoms with Crippen molar-refractivity contribution in [2.75, 3.05) is 0 Å². The molecule has 2 aromatic heterocycles. The van der Waals surface area contributed by atoms with Gasteiger partial charge in [-0.25, -0.2) is 4.98 Å². The van der Waals surface area contributed by atoms with Gasteiger partial charge in [0.1, 0.15) is 16.6 Å². The number of hydrogen-bond donors (Lipinski definition) is 2. The number of aliphatic hydroxyl groups is 1. The number of ether oxygens (including phenoxy) is 1. The van der Waals surface area contributed by atoms with Crippen LogP contribution in [0, 0.1) is 6.92 Å². The van der Waals surface area contributed by atoms with Crippen molar-refractivity contribution in [1.29, 1.82) is 0 Å². The van der Waals surface area contributed by atoms with E-state index in [2.05, 4.69) is 9.97 Å². The van der Waals surface area contributed by atoms with Crippen molar-refractivity contribution in [1.82, 2.24) is 14.5 Å². The molecule has 0 aliphatic carbocycles. The van der Waals surface area contributed by atoms with Crippen LogP contribution in [0.2, 0.25) is 0 Å². The third kappa shape index (κ3) is 2.00. The number of thiazole rings is 1. The van der Waals surface area contributed by atoms with Gasteiger partial charge in [-0.3, -0.25) is 14.2 Å². The van der Waals surface area contributed by atoms with E-state index in [0.717, 1.165) is 17.8 Å². The van der Waals surface area contributed by atoms with Crippen LogP contribution in [0.1, 0.15) is 31.8 Å². The molecule has 3 atom stereocenters. The van der Waals surface area contributed by atoms with Crippen LogP contribution in [-0.2, 0) is 4.74 Å². The quantitative estimate of drug-likeness (QED) is 0.842. The molecule has 0 aromatic carbocycles. The van der Waals surface area contributed by atoms with Crippen LogP contribution < -0.4 is 10.4 Å². The molecule has 0 bridgehead atoms. The van der Waals surface area contributed by atoms with Gasteiger partial charge in [0.15, 0.2) is 11.9 Å². The van der Waals surface area contributed by atoms with Crippen LogP contribution in [0.4, 0.5) is 0 Å². The summed E-state index contributed by atoms with van der Waals surface area (Å²) in [5, 5.41) is 10.1. The molecule has 0 radical (unpaired) electrons. The van der Waals surface area contributed by atoms with Gasteiger partial charge in [0, 0.05) is 6.42 Å². The molecule has 0 spiro atoms. The molecule has 1 saturated heterocycles. The second-order valence-corrected chi connectivity index (χ2v) is 5.86. The third-order valence-electron chi connectivity index (χ3n) is 3.47. The Morgan fingerprint density at radius 3 is 2.95 bits per heavy atom. The summed E-state index contributed by atoms with van der Waals surface area (Å²) < 4.78 is 7.26. The number of aromatic nitrogens is 3. The average molecular weight is 297 g/mol. The lowest BCUT2D eigenvalue weighted by Gasteiger charge is -2.15. The van der Waals surface area contributed by atoms with E-state index < -0.39 is 12.3 Å². The van der Waals surface area contributed by atoms with Crippen LogP contribution >= 0.6 is 11.3 Å². The third-order valence-corrected chi connectivity index (χ3v) is 4.41. The summed E-state index contributed by atoms with van der Waals surface area (Å²) in [6, 6.07) is 0. The molecule has 1 aliphatic rings. The summed E-state index contributed by atoms with van der Waals surface area (Å²) in [6.45, 7) is 3.61. The second kappa shape index (κ2) is 4.80. The van der Waals surface area contributed by atoms with Crippen LogP contribution in [-0.4, -0.2) is 31.8 Å². The van der Waals surface area contributed by atoms with Crippen molar-refractivity contribution in [2.45, 2.75) is 45.1 Å². The van der Waals surface area contributed by atoms with Gasteiger partial charge in [-0.1, -0.05) is 18.3 Å². The lowest BCUT2D eigenvalue weighted by atomic mass is 10.1. The molecule has 2 aromatic rings. The highest BCUT2D eigenvalue weighted by molar-refractivity contribution is 7.16. The summed E-state index contributed by atoms with van der Waals surface area (Å²) in [5.41, 5.74) is -0.0602. The standard InChI is InChI=1S/C12H15N3O4S/c1-3-6-4-7(16)11(19-6)15-9-8(20-12(15)18)10(17)14-5(2)13-9/h6-7,11,16H,3-4H2,1-2H3,(H,13,14,17)/t6-,7-,11-/m1/s1. The molecular formula is C12H15N3O4S.